The molecule has 0 aliphatic heterocycles. The van der Waals surface area contributed by atoms with Gasteiger partial charge < -0.3 is 15.5 Å². The molecule has 3 N–H and O–H groups in total. The number of aliphatic carboxylic acids is 1. The van der Waals surface area contributed by atoms with Crippen molar-refractivity contribution in [2.24, 2.45) is 5.41 Å². The van der Waals surface area contributed by atoms with Crippen molar-refractivity contribution in [3.8, 4) is 0 Å². The van der Waals surface area contributed by atoms with Crippen molar-refractivity contribution < 1.29 is 19.8 Å². The number of rotatable bonds is 5. The number of amides is 1. The summed E-state index contributed by atoms with van der Waals surface area (Å²) >= 11 is 0. The second-order valence-corrected chi connectivity index (χ2v) is 4.21. The quantitative estimate of drug-likeness (QED) is 0.569. The highest BCUT2D eigenvalue weighted by Crippen LogP contribution is 2.36. The predicted molar refractivity (Wildman–Crippen MR) is 53.2 cm³/mol. The minimum absolute atomic E-state index is 0.0559. The van der Waals surface area contributed by atoms with E-state index in [0.717, 1.165) is 25.7 Å². The number of carboxylic acids is 1. The SMILES string of the molecule is O=C(O)CC(=O)NCC1(CO)CCCC1. The largest absolute Gasteiger partial charge is 0.481 e. The monoisotopic (exact) mass is 215 g/mol. The normalized spacial score (nSPS) is 18.7. The molecule has 0 aromatic heterocycles. The van der Waals surface area contributed by atoms with E-state index in [2.05, 4.69) is 5.32 Å². The minimum Gasteiger partial charge on any atom is -0.481 e. The third-order valence-corrected chi connectivity index (χ3v) is 2.97. The van der Waals surface area contributed by atoms with Gasteiger partial charge in [0.05, 0.1) is 6.61 Å². The first-order valence-corrected chi connectivity index (χ1v) is 5.17. The number of carbonyl (C=O) groups is 2. The molecule has 0 bridgehead atoms. The number of nitrogens with one attached hydrogen (secondary N) is 1. The maximum absolute atomic E-state index is 11.1. The van der Waals surface area contributed by atoms with Crippen LogP contribution in [0.25, 0.3) is 0 Å². The van der Waals surface area contributed by atoms with Gasteiger partial charge in [-0.15, -0.1) is 0 Å². The van der Waals surface area contributed by atoms with Crippen LogP contribution in [0, 0.1) is 5.41 Å². The molecule has 1 fully saturated rings. The lowest BCUT2D eigenvalue weighted by Gasteiger charge is -2.26. The van der Waals surface area contributed by atoms with E-state index >= 15 is 0 Å². The Labute approximate surface area is 88.5 Å². The van der Waals surface area contributed by atoms with Crippen molar-refractivity contribution in [2.75, 3.05) is 13.2 Å². The van der Waals surface area contributed by atoms with Crippen LogP contribution in [0.4, 0.5) is 0 Å². The molecule has 1 amide bonds. The maximum atomic E-state index is 11.1. The van der Waals surface area contributed by atoms with Crippen molar-refractivity contribution in [1.29, 1.82) is 0 Å². The molecule has 1 aliphatic rings. The highest BCUT2D eigenvalue weighted by atomic mass is 16.4. The summed E-state index contributed by atoms with van der Waals surface area (Å²) in [4.78, 5) is 21.3. The fourth-order valence-electron chi connectivity index (χ4n) is 2.00. The third kappa shape index (κ3) is 3.51. The van der Waals surface area contributed by atoms with Crippen LogP contribution in [0.3, 0.4) is 0 Å². The summed E-state index contributed by atoms with van der Waals surface area (Å²) in [6.07, 6.45) is 3.43. The lowest BCUT2D eigenvalue weighted by atomic mass is 9.87. The number of carboxylic acid groups (broad SMARTS) is 1. The van der Waals surface area contributed by atoms with Gasteiger partial charge in [-0.2, -0.15) is 0 Å². The van der Waals surface area contributed by atoms with Crippen molar-refractivity contribution >= 4 is 11.9 Å². The van der Waals surface area contributed by atoms with Crippen LogP contribution in [0.2, 0.25) is 0 Å². The molecule has 0 saturated heterocycles. The Balaban J connectivity index is 2.34. The molecule has 0 aromatic rings. The zero-order chi connectivity index (χ0) is 11.3. The highest BCUT2D eigenvalue weighted by molar-refractivity contribution is 5.93. The molecule has 1 rings (SSSR count). The van der Waals surface area contributed by atoms with Crippen LogP contribution in [-0.2, 0) is 9.59 Å². The number of carbonyl (C=O) groups excluding carboxylic acids is 1. The predicted octanol–water partition coefficient (Wildman–Crippen LogP) is 0.130. The van der Waals surface area contributed by atoms with Crippen molar-refractivity contribution in [1.82, 2.24) is 5.32 Å². The molecule has 0 radical (unpaired) electrons. The van der Waals surface area contributed by atoms with E-state index in [9.17, 15) is 14.7 Å². The second kappa shape index (κ2) is 5.11. The summed E-state index contributed by atoms with van der Waals surface area (Å²) in [6.45, 7) is 0.440. The van der Waals surface area contributed by atoms with Crippen LogP contribution in [0.1, 0.15) is 32.1 Å². The standard InChI is InChI=1S/C10H17NO4/c12-7-10(3-1-2-4-10)6-11-8(13)5-9(14)15/h12H,1-7H2,(H,11,13)(H,14,15). The summed E-state index contributed by atoms with van der Waals surface area (Å²) in [5.74, 6) is -1.61. The molecule has 1 aliphatic carbocycles. The van der Waals surface area contributed by atoms with Crippen LogP contribution in [0.15, 0.2) is 0 Å². The van der Waals surface area contributed by atoms with Gasteiger partial charge in [-0.25, -0.2) is 0 Å². The third-order valence-electron chi connectivity index (χ3n) is 2.97. The Morgan fingerprint density at radius 3 is 2.33 bits per heavy atom. The van der Waals surface area contributed by atoms with Crippen molar-refractivity contribution in [2.45, 2.75) is 32.1 Å². The molecule has 0 atom stereocenters. The lowest BCUT2D eigenvalue weighted by Crippen LogP contribution is -2.38. The zero-order valence-corrected chi connectivity index (χ0v) is 8.66. The molecule has 86 valence electrons. The minimum atomic E-state index is -1.13. The summed E-state index contributed by atoms with van der Waals surface area (Å²) in [7, 11) is 0. The first-order chi connectivity index (χ1) is 7.08. The molecule has 0 aromatic carbocycles. The first-order valence-electron chi connectivity index (χ1n) is 5.17. The maximum Gasteiger partial charge on any atom is 0.312 e. The van der Waals surface area contributed by atoms with E-state index in [4.69, 9.17) is 5.11 Å². The molecular formula is C10H17NO4. The Morgan fingerprint density at radius 1 is 1.27 bits per heavy atom. The number of aliphatic hydroxyl groups is 1. The second-order valence-electron chi connectivity index (χ2n) is 4.21. The van der Waals surface area contributed by atoms with Gasteiger partial charge in [0.1, 0.15) is 6.42 Å². The fourth-order valence-corrected chi connectivity index (χ4v) is 2.00. The van der Waals surface area contributed by atoms with E-state index in [1.165, 1.54) is 0 Å². The number of aliphatic hydroxyl groups excluding tert-OH is 1. The molecule has 0 unspecified atom stereocenters. The van der Waals surface area contributed by atoms with Crippen LogP contribution in [-0.4, -0.2) is 35.2 Å². The summed E-state index contributed by atoms with van der Waals surface area (Å²) in [5, 5.41) is 20.2. The Morgan fingerprint density at radius 2 is 1.87 bits per heavy atom. The number of hydrogen-bond donors (Lipinski definition) is 3. The van der Waals surface area contributed by atoms with Gasteiger partial charge in [0.15, 0.2) is 0 Å². The number of hydrogen-bond acceptors (Lipinski definition) is 3. The smallest absolute Gasteiger partial charge is 0.312 e. The van der Waals surface area contributed by atoms with Gasteiger partial charge >= 0.3 is 5.97 Å². The van der Waals surface area contributed by atoms with Gasteiger partial charge in [0, 0.05) is 12.0 Å². The Hall–Kier alpha value is -1.10. The van der Waals surface area contributed by atoms with E-state index in [1.807, 2.05) is 0 Å². The average Bonchev–Trinajstić information content (AvgIpc) is 2.63. The summed E-state index contributed by atoms with van der Waals surface area (Å²) < 4.78 is 0. The Bertz CT molecular complexity index is 246. The molecule has 0 heterocycles. The topological polar surface area (TPSA) is 86.6 Å². The molecular weight excluding hydrogens is 198 g/mol. The van der Waals surface area contributed by atoms with Crippen LogP contribution >= 0.6 is 0 Å². The summed E-state index contributed by atoms with van der Waals surface area (Å²) in [5.41, 5.74) is -0.214. The molecule has 5 heteroatoms. The summed E-state index contributed by atoms with van der Waals surface area (Å²) in [6, 6.07) is 0. The first kappa shape index (κ1) is 12.0. The van der Waals surface area contributed by atoms with Gasteiger partial charge in [-0.1, -0.05) is 12.8 Å². The fraction of sp³-hybridized carbons (Fsp3) is 0.800. The van der Waals surface area contributed by atoms with Crippen LogP contribution < -0.4 is 5.32 Å². The van der Waals surface area contributed by atoms with Crippen molar-refractivity contribution in [3.63, 3.8) is 0 Å². The van der Waals surface area contributed by atoms with Crippen molar-refractivity contribution in [3.05, 3.63) is 0 Å². The molecule has 15 heavy (non-hydrogen) atoms. The van der Waals surface area contributed by atoms with Crippen LogP contribution in [0.5, 0.6) is 0 Å². The molecule has 1 saturated carbocycles. The van der Waals surface area contributed by atoms with E-state index < -0.39 is 18.3 Å². The van der Waals surface area contributed by atoms with Gasteiger partial charge in [-0.3, -0.25) is 9.59 Å². The van der Waals surface area contributed by atoms with Gasteiger partial charge in [0.25, 0.3) is 0 Å². The Kier molecular flexibility index (Phi) is 4.08. The zero-order valence-electron chi connectivity index (χ0n) is 8.66. The van der Waals surface area contributed by atoms with E-state index in [1.54, 1.807) is 0 Å². The van der Waals surface area contributed by atoms with Gasteiger partial charge in [0.2, 0.25) is 5.91 Å². The van der Waals surface area contributed by atoms with E-state index in [0.29, 0.717) is 6.54 Å². The van der Waals surface area contributed by atoms with E-state index in [-0.39, 0.29) is 12.0 Å². The average molecular weight is 215 g/mol. The molecule has 0 spiro atoms. The molecule has 5 nitrogen and oxygen atoms in total. The van der Waals surface area contributed by atoms with Gasteiger partial charge in [-0.05, 0) is 12.8 Å². The highest BCUT2D eigenvalue weighted by Gasteiger charge is 2.33. The lowest BCUT2D eigenvalue weighted by molar-refractivity contribution is -0.140.